The van der Waals surface area contributed by atoms with E-state index in [0.29, 0.717) is 29.4 Å². The minimum absolute atomic E-state index is 0.0571. The maximum absolute atomic E-state index is 13.5. The van der Waals surface area contributed by atoms with E-state index in [9.17, 15) is 14.4 Å². The summed E-state index contributed by atoms with van der Waals surface area (Å²) < 4.78 is 10.7. The number of furan rings is 1. The molecular weight excluding hydrogens is 470 g/mol. The normalized spacial score (nSPS) is 15.9. The van der Waals surface area contributed by atoms with Gasteiger partial charge in [-0.3, -0.25) is 19.3 Å². The van der Waals surface area contributed by atoms with Gasteiger partial charge in [-0.05, 0) is 48.7 Å². The number of carbonyl (C=O) groups excluding carboxylic acids is 3. The third-order valence-corrected chi connectivity index (χ3v) is 5.89. The summed E-state index contributed by atoms with van der Waals surface area (Å²) in [4.78, 5) is 40.8. The predicted octanol–water partition coefficient (Wildman–Crippen LogP) is 3.73. The van der Waals surface area contributed by atoms with Crippen LogP contribution < -0.4 is 15.5 Å². The number of halogens is 1. The summed E-state index contributed by atoms with van der Waals surface area (Å²) in [5, 5.41) is 5.91. The van der Waals surface area contributed by atoms with Crippen LogP contribution >= 0.6 is 11.6 Å². The average Bonchev–Trinajstić information content (AvgIpc) is 3.59. The molecule has 9 heteroatoms. The highest BCUT2D eigenvalue weighted by Gasteiger charge is 2.33. The van der Waals surface area contributed by atoms with E-state index >= 15 is 0 Å². The standard InChI is InChI=1S/C26H26ClN3O5/c27-19-9-4-10-20(15-19)30(23(31)17-29-25(32)22-12-6-14-35-22)24(18-7-2-1-3-8-18)26(33)28-16-21-11-5-13-34-21/h1-4,6-10,12,14-15,21,24H,5,11,13,16-17H2,(H,28,33)(H,29,32)/t21-,24+/m0/s1. The van der Waals surface area contributed by atoms with E-state index in [2.05, 4.69) is 10.6 Å². The highest BCUT2D eigenvalue weighted by atomic mass is 35.5. The molecular formula is C26H26ClN3O5. The van der Waals surface area contributed by atoms with Crippen molar-refractivity contribution in [1.29, 1.82) is 0 Å². The van der Waals surface area contributed by atoms with E-state index in [1.54, 1.807) is 54.6 Å². The van der Waals surface area contributed by atoms with Gasteiger partial charge in [0.25, 0.3) is 5.91 Å². The fourth-order valence-electron chi connectivity index (χ4n) is 3.97. The van der Waals surface area contributed by atoms with Crippen LogP contribution in [0.4, 0.5) is 5.69 Å². The van der Waals surface area contributed by atoms with Gasteiger partial charge in [-0.15, -0.1) is 0 Å². The fourth-order valence-corrected chi connectivity index (χ4v) is 4.15. The highest BCUT2D eigenvalue weighted by Crippen LogP contribution is 2.30. The number of nitrogens with one attached hydrogen (secondary N) is 2. The van der Waals surface area contributed by atoms with Gasteiger partial charge in [0.2, 0.25) is 11.8 Å². The Hall–Kier alpha value is -3.62. The van der Waals surface area contributed by atoms with E-state index in [4.69, 9.17) is 20.8 Å². The molecule has 3 amide bonds. The Bertz CT molecular complexity index is 1150. The third kappa shape index (κ3) is 6.29. The van der Waals surface area contributed by atoms with Crippen molar-refractivity contribution in [3.63, 3.8) is 0 Å². The zero-order valence-electron chi connectivity index (χ0n) is 19.0. The van der Waals surface area contributed by atoms with Gasteiger partial charge in [0, 0.05) is 23.9 Å². The van der Waals surface area contributed by atoms with Crippen molar-refractivity contribution in [2.24, 2.45) is 0 Å². The molecule has 0 radical (unpaired) electrons. The Morgan fingerprint density at radius 3 is 2.54 bits per heavy atom. The van der Waals surface area contributed by atoms with Gasteiger partial charge in [-0.1, -0.05) is 48.0 Å². The van der Waals surface area contributed by atoms with Gasteiger partial charge >= 0.3 is 0 Å². The van der Waals surface area contributed by atoms with E-state index < -0.39 is 17.9 Å². The Kier molecular flexibility index (Phi) is 8.18. The van der Waals surface area contributed by atoms with E-state index in [0.717, 1.165) is 12.8 Å². The highest BCUT2D eigenvalue weighted by molar-refractivity contribution is 6.31. The number of carbonyl (C=O) groups is 3. The first-order valence-corrected chi connectivity index (χ1v) is 11.7. The monoisotopic (exact) mass is 495 g/mol. The molecule has 2 atom stereocenters. The number of rotatable bonds is 9. The van der Waals surface area contributed by atoms with Gasteiger partial charge in [0.15, 0.2) is 5.76 Å². The van der Waals surface area contributed by atoms with Crippen LogP contribution in [0.3, 0.4) is 0 Å². The third-order valence-electron chi connectivity index (χ3n) is 5.65. The molecule has 0 bridgehead atoms. The summed E-state index contributed by atoms with van der Waals surface area (Å²) >= 11 is 6.23. The van der Waals surface area contributed by atoms with Crippen LogP contribution in [0.25, 0.3) is 0 Å². The Morgan fingerprint density at radius 2 is 1.86 bits per heavy atom. The van der Waals surface area contributed by atoms with Crippen molar-refractivity contribution in [3.8, 4) is 0 Å². The smallest absolute Gasteiger partial charge is 0.287 e. The first-order chi connectivity index (χ1) is 17.0. The lowest BCUT2D eigenvalue weighted by Crippen LogP contribution is -2.48. The van der Waals surface area contributed by atoms with Gasteiger partial charge in [0.05, 0.1) is 18.9 Å². The lowest BCUT2D eigenvalue weighted by atomic mass is 10.0. The number of nitrogens with zero attached hydrogens (tertiary/aromatic N) is 1. The summed E-state index contributed by atoms with van der Waals surface area (Å²) in [5.41, 5.74) is 1.04. The molecule has 1 aliphatic rings. The van der Waals surface area contributed by atoms with Gasteiger partial charge in [0.1, 0.15) is 6.04 Å². The lowest BCUT2D eigenvalue weighted by Gasteiger charge is -2.32. The molecule has 1 aliphatic heterocycles. The summed E-state index contributed by atoms with van der Waals surface area (Å²) in [6.07, 6.45) is 3.13. The van der Waals surface area contributed by atoms with Crippen LogP contribution in [0.2, 0.25) is 5.02 Å². The molecule has 0 aliphatic carbocycles. The van der Waals surface area contributed by atoms with Crippen molar-refractivity contribution in [1.82, 2.24) is 10.6 Å². The molecule has 3 aromatic rings. The quantitative estimate of drug-likeness (QED) is 0.471. The zero-order chi connectivity index (χ0) is 24.6. The van der Waals surface area contributed by atoms with Crippen LogP contribution in [-0.4, -0.2) is 43.5 Å². The second kappa shape index (κ2) is 11.7. The predicted molar refractivity (Wildman–Crippen MR) is 131 cm³/mol. The molecule has 0 spiro atoms. The maximum Gasteiger partial charge on any atom is 0.287 e. The van der Waals surface area contributed by atoms with Crippen LogP contribution in [0, 0.1) is 0 Å². The maximum atomic E-state index is 13.5. The molecule has 1 fully saturated rings. The number of anilines is 1. The molecule has 2 aromatic carbocycles. The first kappa shape index (κ1) is 24.5. The minimum Gasteiger partial charge on any atom is -0.459 e. The zero-order valence-corrected chi connectivity index (χ0v) is 19.7. The molecule has 4 rings (SSSR count). The van der Waals surface area contributed by atoms with Crippen molar-refractivity contribution in [3.05, 3.63) is 89.3 Å². The number of hydrogen-bond acceptors (Lipinski definition) is 5. The number of hydrogen-bond donors (Lipinski definition) is 2. The average molecular weight is 496 g/mol. The molecule has 1 saturated heterocycles. The Labute approximate surface area is 208 Å². The first-order valence-electron chi connectivity index (χ1n) is 11.4. The summed E-state index contributed by atoms with van der Waals surface area (Å²) in [6, 6.07) is 17.8. The topological polar surface area (TPSA) is 101 Å². The lowest BCUT2D eigenvalue weighted by molar-refractivity contribution is -0.126. The van der Waals surface area contributed by atoms with E-state index in [1.165, 1.54) is 17.2 Å². The van der Waals surface area contributed by atoms with Crippen LogP contribution in [0.15, 0.2) is 77.4 Å². The van der Waals surface area contributed by atoms with Crippen LogP contribution in [-0.2, 0) is 14.3 Å². The molecule has 182 valence electrons. The summed E-state index contributed by atoms with van der Waals surface area (Å²) in [5.74, 6) is -1.31. The number of benzene rings is 2. The molecule has 8 nitrogen and oxygen atoms in total. The molecule has 1 aromatic heterocycles. The van der Waals surface area contributed by atoms with Crippen molar-refractivity contribution in [2.45, 2.75) is 25.0 Å². The van der Waals surface area contributed by atoms with Crippen molar-refractivity contribution in [2.75, 3.05) is 24.6 Å². The molecule has 35 heavy (non-hydrogen) atoms. The van der Waals surface area contributed by atoms with E-state index in [1.807, 2.05) is 6.07 Å². The summed E-state index contributed by atoms with van der Waals surface area (Å²) in [6.45, 7) is 0.661. The minimum atomic E-state index is -0.996. The molecule has 0 unspecified atom stereocenters. The number of ether oxygens (including phenoxy) is 1. The molecule has 0 saturated carbocycles. The Morgan fingerprint density at radius 1 is 1.03 bits per heavy atom. The van der Waals surface area contributed by atoms with Crippen LogP contribution in [0.5, 0.6) is 0 Å². The van der Waals surface area contributed by atoms with E-state index in [-0.39, 0.29) is 24.3 Å². The fraction of sp³-hybridized carbons (Fsp3) is 0.269. The SMILES string of the molecule is O=C(NCC(=O)N(c1cccc(Cl)c1)[C@@H](C(=O)NC[C@@H]1CCCO1)c1ccccc1)c1ccco1. The largest absolute Gasteiger partial charge is 0.459 e. The van der Waals surface area contributed by atoms with Gasteiger partial charge in [-0.2, -0.15) is 0 Å². The van der Waals surface area contributed by atoms with Crippen molar-refractivity contribution >= 4 is 35.0 Å². The van der Waals surface area contributed by atoms with Crippen LogP contribution in [0.1, 0.15) is 35.0 Å². The van der Waals surface area contributed by atoms with Gasteiger partial charge < -0.3 is 19.8 Å². The number of amides is 3. The van der Waals surface area contributed by atoms with Gasteiger partial charge in [-0.25, -0.2) is 0 Å². The molecule has 2 N–H and O–H groups in total. The second-order valence-corrected chi connectivity index (χ2v) is 8.53. The second-order valence-electron chi connectivity index (χ2n) is 8.10. The van der Waals surface area contributed by atoms with Crippen molar-refractivity contribution < 1.29 is 23.5 Å². The molecule has 2 heterocycles. The summed E-state index contributed by atoms with van der Waals surface area (Å²) in [7, 11) is 0. The Balaban J connectivity index is 1.63.